The molecule has 0 aliphatic heterocycles. The maximum atomic E-state index is 13.4. The van der Waals surface area contributed by atoms with Gasteiger partial charge in [-0.3, -0.25) is 4.79 Å². The Kier molecular flexibility index (Phi) is 5.45. The highest BCUT2D eigenvalue weighted by Gasteiger charge is 2.20. The van der Waals surface area contributed by atoms with Crippen LogP contribution in [0.5, 0.6) is 0 Å². The van der Waals surface area contributed by atoms with Crippen molar-refractivity contribution in [3.05, 3.63) is 90.6 Å². The summed E-state index contributed by atoms with van der Waals surface area (Å²) in [5.74, 6) is -0.157. The summed E-state index contributed by atoms with van der Waals surface area (Å²) in [4.78, 5) is 13.3. The first-order valence-corrected chi connectivity index (χ1v) is 11.1. The van der Waals surface area contributed by atoms with E-state index in [0.29, 0.717) is 27.9 Å². The number of anilines is 1. The van der Waals surface area contributed by atoms with E-state index in [9.17, 15) is 9.18 Å². The molecule has 5 aromatic rings. The van der Waals surface area contributed by atoms with E-state index in [1.165, 1.54) is 30.1 Å². The lowest BCUT2D eigenvalue weighted by atomic mass is 10.2. The van der Waals surface area contributed by atoms with E-state index in [4.69, 9.17) is 0 Å². The lowest BCUT2D eigenvalue weighted by molar-refractivity contribution is 0.102. The molecule has 0 spiro atoms. The molecule has 164 valence electrons. The van der Waals surface area contributed by atoms with Crippen LogP contribution in [0, 0.1) is 5.82 Å². The molecule has 0 saturated carbocycles. The maximum Gasteiger partial charge on any atom is 0.261 e. The summed E-state index contributed by atoms with van der Waals surface area (Å²) in [5.41, 5.74) is 2.28. The van der Waals surface area contributed by atoms with E-state index in [0.717, 1.165) is 5.69 Å². The Morgan fingerprint density at radius 1 is 1.00 bits per heavy atom. The molecule has 0 atom stereocenters. The number of rotatable bonds is 6. The minimum atomic E-state index is -0.349. The van der Waals surface area contributed by atoms with E-state index >= 15 is 0 Å². The topological polar surface area (TPSA) is 95.5 Å². The fourth-order valence-corrected chi connectivity index (χ4v) is 3.81. The number of tetrazole rings is 1. The molecule has 0 saturated heterocycles. The highest BCUT2D eigenvalue weighted by molar-refractivity contribution is 7.98. The predicted molar refractivity (Wildman–Crippen MR) is 122 cm³/mol. The molecule has 3 heterocycles. The summed E-state index contributed by atoms with van der Waals surface area (Å²) in [5, 5.41) is 19.6. The van der Waals surface area contributed by atoms with Crippen molar-refractivity contribution in [1.82, 2.24) is 34.6 Å². The zero-order chi connectivity index (χ0) is 22.8. The van der Waals surface area contributed by atoms with E-state index in [1.807, 2.05) is 42.9 Å². The van der Waals surface area contributed by atoms with Crippen LogP contribution in [-0.4, -0.2) is 46.7 Å². The second-order valence-electron chi connectivity index (χ2n) is 6.94. The van der Waals surface area contributed by atoms with Gasteiger partial charge in [-0.2, -0.15) is 9.78 Å². The number of benzene rings is 2. The van der Waals surface area contributed by atoms with Gasteiger partial charge in [-0.05, 0) is 71.3 Å². The number of nitrogens with one attached hydrogen (secondary N) is 1. The molecule has 33 heavy (non-hydrogen) atoms. The van der Waals surface area contributed by atoms with Gasteiger partial charge >= 0.3 is 0 Å². The van der Waals surface area contributed by atoms with Gasteiger partial charge in [0, 0.05) is 18.1 Å². The second-order valence-corrected chi connectivity index (χ2v) is 7.72. The van der Waals surface area contributed by atoms with Gasteiger partial charge in [0.2, 0.25) is 5.16 Å². The number of aromatic nitrogens is 7. The van der Waals surface area contributed by atoms with Crippen LogP contribution in [0.4, 0.5) is 10.1 Å². The van der Waals surface area contributed by atoms with Crippen LogP contribution < -0.4 is 5.32 Å². The minimum Gasteiger partial charge on any atom is -0.322 e. The number of halogens is 1. The Morgan fingerprint density at radius 3 is 2.55 bits per heavy atom. The Hall–Kier alpha value is -4.25. The van der Waals surface area contributed by atoms with Gasteiger partial charge in [-0.25, -0.2) is 9.07 Å². The van der Waals surface area contributed by atoms with Crippen LogP contribution in [0.1, 0.15) is 10.4 Å². The number of hydrogen-bond donors (Lipinski definition) is 1. The Morgan fingerprint density at radius 2 is 1.79 bits per heavy atom. The highest BCUT2D eigenvalue weighted by Crippen LogP contribution is 2.23. The average molecular weight is 460 g/mol. The Bertz CT molecular complexity index is 1410. The number of amides is 1. The van der Waals surface area contributed by atoms with Crippen LogP contribution in [-0.2, 0) is 0 Å². The third kappa shape index (κ3) is 4.01. The Balaban J connectivity index is 1.50. The summed E-state index contributed by atoms with van der Waals surface area (Å²) < 4.78 is 18.4. The molecule has 0 aliphatic carbocycles. The standard InChI is InChI=1S/C22H17FN8OS/c1-33-22-26-27-28-31(22)18-6-4-5-16(13-18)25-20(32)19-14-24-30(17-9-7-15(23)8-10-17)21(19)29-11-2-3-12-29/h2-14H,1H3,(H,25,32). The number of nitrogens with zero attached hydrogens (tertiary/aromatic N) is 7. The molecule has 0 radical (unpaired) electrons. The van der Waals surface area contributed by atoms with Gasteiger partial charge < -0.3 is 9.88 Å². The van der Waals surface area contributed by atoms with Crippen LogP contribution in [0.3, 0.4) is 0 Å². The van der Waals surface area contributed by atoms with Gasteiger partial charge in [0.1, 0.15) is 11.4 Å². The van der Waals surface area contributed by atoms with Crippen molar-refractivity contribution >= 4 is 23.4 Å². The van der Waals surface area contributed by atoms with Crippen molar-refractivity contribution in [3.63, 3.8) is 0 Å². The number of hydrogen-bond acceptors (Lipinski definition) is 6. The first-order valence-electron chi connectivity index (χ1n) is 9.85. The molecule has 1 amide bonds. The predicted octanol–water partition coefficient (Wildman–Crippen LogP) is 3.75. The molecule has 3 aromatic heterocycles. The molecular weight excluding hydrogens is 443 g/mol. The quantitative estimate of drug-likeness (QED) is 0.388. The monoisotopic (exact) mass is 460 g/mol. The van der Waals surface area contributed by atoms with E-state index in [2.05, 4.69) is 25.9 Å². The van der Waals surface area contributed by atoms with Crippen LogP contribution in [0.25, 0.3) is 17.2 Å². The average Bonchev–Trinajstić information content (AvgIpc) is 3.59. The SMILES string of the molecule is CSc1nnnn1-c1cccc(NC(=O)c2cnn(-c3ccc(F)cc3)c2-n2cccc2)c1. The summed E-state index contributed by atoms with van der Waals surface area (Å²) in [6.07, 6.45) is 7.01. The van der Waals surface area contributed by atoms with Crippen molar-refractivity contribution < 1.29 is 9.18 Å². The van der Waals surface area contributed by atoms with Crippen molar-refractivity contribution in [2.45, 2.75) is 5.16 Å². The van der Waals surface area contributed by atoms with Gasteiger partial charge in [0.15, 0.2) is 5.82 Å². The molecule has 0 unspecified atom stereocenters. The first-order chi connectivity index (χ1) is 16.1. The van der Waals surface area contributed by atoms with E-state index < -0.39 is 0 Å². The molecule has 2 aromatic carbocycles. The number of carbonyl (C=O) groups excluding carboxylic acids is 1. The molecular formula is C22H17FN8OS. The van der Waals surface area contributed by atoms with Crippen LogP contribution >= 0.6 is 11.8 Å². The molecule has 1 N–H and O–H groups in total. The number of carbonyl (C=O) groups is 1. The third-order valence-electron chi connectivity index (χ3n) is 4.88. The fraction of sp³-hybridized carbons (Fsp3) is 0.0455. The third-order valence-corrected chi connectivity index (χ3v) is 5.50. The van der Waals surface area contributed by atoms with Crippen molar-refractivity contribution in [1.29, 1.82) is 0 Å². The van der Waals surface area contributed by atoms with Gasteiger partial charge in [-0.15, -0.1) is 5.10 Å². The van der Waals surface area contributed by atoms with Crippen molar-refractivity contribution in [2.24, 2.45) is 0 Å². The highest BCUT2D eigenvalue weighted by atomic mass is 32.2. The Labute approximate surface area is 191 Å². The molecule has 5 rings (SSSR count). The van der Waals surface area contributed by atoms with Gasteiger partial charge in [0.05, 0.1) is 17.6 Å². The van der Waals surface area contributed by atoms with Gasteiger partial charge in [0.25, 0.3) is 5.91 Å². The summed E-state index contributed by atoms with van der Waals surface area (Å²) >= 11 is 1.42. The second kappa shape index (κ2) is 8.71. The molecule has 9 nitrogen and oxygen atoms in total. The maximum absolute atomic E-state index is 13.4. The van der Waals surface area contributed by atoms with Crippen LogP contribution in [0.2, 0.25) is 0 Å². The normalized spacial score (nSPS) is 11.0. The largest absolute Gasteiger partial charge is 0.322 e. The summed E-state index contributed by atoms with van der Waals surface area (Å²) in [6.45, 7) is 0. The zero-order valence-corrected chi connectivity index (χ0v) is 18.1. The van der Waals surface area contributed by atoms with Crippen molar-refractivity contribution in [2.75, 3.05) is 11.6 Å². The summed E-state index contributed by atoms with van der Waals surface area (Å²) in [7, 11) is 0. The first kappa shape index (κ1) is 20.6. The smallest absolute Gasteiger partial charge is 0.261 e. The molecule has 0 fully saturated rings. The number of thioether (sulfide) groups is 1. The van der Waals surface area contributed by atoms with E-state index in [1.54, 1.807) is 38.2 Å². The zero-order valence-electron chi connectivity index (χ0n) is 17.3. The summed E-state index contributed by atoms with van der Waals surface area (Å²) in [6, 6.07) is 16.8. The fourth-order valence-electron chi connectivity index (χ4n) is 3.38. The molecule has 11 heteroatoms. The van der Waals surface area contributed by atoms with Crippen LogP contribution in [0.15, 0.2) is 84.4 Å². The molecule has 0 aliphatic rings. The lowest BCUT2D eigenvalue weighted by Gasteiger charge is -2.12. The van der Waals surface area contributed by atoms with Gasteiger partial charge in [-0.1, -0.05) is 17.8 Å². The van der Waals surface area contributed by atoms with E-state index in [-0.39, 0.29) is 11.7 Å². The minimum absolute atomic E-state index is 0.342. The lowest BCUT2D eigenvalue weighted by Crippen LogP contribution is -2.15. The van der Waals surface area contributed by atoms with Crippen molar-refractivity contribution in [3.8, 4) is 17.2 Å². The molecule has 0 bridgehead atoms.